The lowest BCUT2D eigenvalue weighted by Gasteiger charge is -2.05. The first-order chi connectivity index (χ1) is 9.47. The number of benzene rings is 1. The number of aromatic hydroxyl groups is 1. The minimum absolute atomic E-state index is 0.00120. The van der Waals surface area contributed by atoms with E-state index in [0.29, 0.717) is 15.4 Å². The van der Waals surface area contributed by atoms with Crippen LogP contribution in [0.3, 0.4) is 0 Å². The number of aromatic carboxylic acids is 1. The predicted octanol–water partition coefficient (Wildman–Crippen LogP) is 2.51. The number of hydrogen-bond donors (Lipinski definition) is 2. The number of carboxylic acids is 1. The zero-order chi connectivity index (χ0) is 14.4. The van der Waals surface area contributed by atoms with Gasteiger partial charge in [0, 0.05) is 15.9 Å². The number of carbonyl (C=O) groups is 1. The maximum Gasteiger partial charge on any atom is 0.371 e. The molecule has 2 aromatic heterocycles. The van der Waals surface area contributed by atoms with Crippen molar-refractivity contribution in [2.75, 3.05) is 0 Å². The summed E-state index contributed by atoms with van der Waals surface area (Å²) in [5.41, 5.74) is -0.266. The topological polar surface area (TPSA) is 101 Å². The lowest BCUT2D eigenvalue weighted by molar-refractivity contribution is 0.0663. The molecule has 0 saturated carbocycles. The van der Waals surface area contributed by atoms with Gasteiger partial charge in [0.15, 0.2) is 11.0 Å². The fourth-order valence-corrected chi connectivity index (χ4v) is 2.32. The summed E-state index contributed by atoms with van der Waals surface area (Å²) >= 11 is 3.28. The van der Waals surface area contributed by atoms with Crippen molar-refractivity contribution in [3.63, 3.8) is 0 Å². The maximum atomic E-state index is 11.9. The van der Waals surface area contributed by atoms with Crippen LogP contribution in [-0.4, -0.2) is 21.2 Å². The molecule has 0 aliphatic heterocycles. The first-order valence-electron chi connectivity index (χ1n) is 5.47. The third-order valence-electron chi connectivity index (χ3n) is 2.81. The standard InChI is InChI=1S/C13H6BrNO5/c14-5-1-2-7-6(3-5)11-10(12(17)15-7)8(16)4-9(20-11)13(18)19/h1-4H,(H,15,17)(H,18,19). The molecule has 0 unspecified atom stereocenters. The predicted molar refractivity (Wildman–Crippen MR) is 74.1 cm³/mol. The van der Waals surface area contributed by atoms with Gasteiger partial charge in [-0.15, -0.1) is 0 Å². The lowest BCUT2D eigenvalue weighted by atomic mass is 10.1. The Kier molecular flexibility index (Phi) is 2.72. The van der Waals surface area contributed by atoms with Gasteiger partial charge in [0.25, 0.3) is 0 Å². The number of carboxylic acid groups (broad SMARTS) is 1. The van der Waals surface area contributed by atoms with Crippen molar-refractivity contribution < 1.29 is 19.4 Å². The molecule has 2 N–H and O–H groups in total. The van der Waals surface area contributed by atoms with E-state index in [9.17, 15) is 14.7 Å². The molecule has 0 saturated heterocycles. The molecule has 0 fully saturated rings. The fourth-order valence-electron chi connectivity index (χ4n) is 1.96. The van der Waals surface area contributed by atoms with Gasteiger partial charge in [0.05, 0.1) is 5.52 Å². The van der Waals surface area contributed by atoms with Crippen LogP contribution in [0.1, 0.15) is 10.6 Å². The molecule has 0 aliphatic rings. The van der Waals surface area contributed by atoms with Gasteiger partial charge in [-0.25, -0.2) is 9.78 Å². The van der Waals surface area contributed by atoms with E-state index in [-0.39, 0.29) is 11.0 Å². The second-order valence-electron chi connectivity index (χ2n) is 4.08. The Balaban J connectivity index is 2.61. The maximum absolute atomic E-state index is 11.9. The van der Waals surface area contributed by atoms with Crippen LogP contribution in [-0.2, 0) is 0 Å². The summed E-state index contributed by atoms with van der Waals surface area (Å²) in [6.45, 7) is 0. The Morgan fingerprint density at radius 1 is 1.30 bits per heavy atom. The van der Waals surface area contributed by atoms with E-state index in [1.54, 1.807) is 18.2 Å². The van der Waals surface area contributed by atoms with Gasteiger partial charge in [-0.1, -0.05) is 15.9 Å². The summed E-state index contributed by atoms with van der Waals surface area (Å²) in [6.07, 6.45) is 0. The minimum Gasteiger partial charge on any atom is -0.493 e. The number of fused-ring (bicyclic) bond motifs is 3. The summed E-state index contributed by atoms with van der Waals surface area (Å²) in [5.74, 6) is -2.33. The van der Waals surface area contributed by atoms with Crippen LogP contribution in [0.25, 0.3) is 21.9 Å². The van der Waals surface area contributed by atoms with Crippen LogP contribution >= 0.6 is 15.9 Å². The smallest absolute Gasteiger partial charge is 0.371 e. The van der Waals surface area contributed by atoms with Crippen LogP contribution in [0.5, 0.6) is 5.88 Å². The quantitative estimate of drug-likeness (QED) is 0.662. The molecule has 0 amide bonds. The lowest BCUT2D eigenvalue weighted by Crippen LogP contribution is -2.07. The normalized spacial score (nSPS) is 11.1. The van der Waals surface area contributed by atoms with Gasteiger partial charge < -0.3 is 14.6 Å². The SMILES string of the molecule is O=C(O)c1cc(=O)c2c(O)nc3ccc(Br)cc3c2o1. The Hall–Kier alpha value is -2.41. The highest BCUT2D eigenvalue weighted by atomic mass is 79.9. The van der Waals surface area contributed by atoms with Crippen molar-refractivity contribution in [3.8, 4) is 5.88 Å². The van der Waals surface area contributed by atoms with Crippen LogP contribution in [0.2, 0.25) is 0 Å². The van der Waals surface area contributed by atoms with E-state index in [2.05, 4.69) is 20.9 Å². The van der Waals surface area contributed by atoms with E-state index in [1.807, 2.05) is 0 Å². The van der Waals surface area contributed by atoms with Crippen molar-refractivity contribution in [2.24, 2.45) is 0 Å². The Morgan fingerprint density at radius 2 is 2.05 bits per heavy atom. The third-order valence-corrected chi connectivity index (χ3v) is 3.30. The number of halogens is 1. The van der Waals surface area contributed by atoms with Gasteiger partial charge in [0.1, 0.15) is 5.39 Å². The highest BCUT2D eigenvalue weighted by molar-refractivity contribution is 9.10. The van der Waals surface area contributed by atoms with Crippen molar-refractivity contribution in [1.82, 2.24) is 4.98 Å². The molecule has 7 heteroatoms. The van der Waals surface area contributed by atoms with Crippen molar-refractivity contribution >= 4 is 43.8 Å². The van der Waals surface area contributed by atoms with Crippen molar-refractivity contribution in [2.45, 2.75) is 0 Å². The second kappa shape index (κ2) is 4.31. The highest BCUT2D eigenvalue weighted by Crippen LogP contribution is 2.30. The number of hydrogen-bond acceptors (Lipinski definition) is 5. The molecule has 0 atom stereocenters. The molecule has 100 valence electrons. The molecular weight excluding hydrogens is 330 g/mol. The zero-order valence-electron chi connectivity index (χ0n) is 9.75. The van der Waals surface area contributed by atoms with E-state index in [4.69, 9.17) is 9.52 Å². The Bertz CT molecular complexity index is 931. The molecule has 2 heterocycles. The van der Waals surface area contributed by atoms with Crippen LogP contribution < -0.4 is 5.43 Å². The summed E-state index contributed by atoms with van der Waals surface area (Å²) in [6, 6.07) is 5.78. The molecule has 1 aromatic carbocycles. The largest absolute Gasteiger partial charge is 0.493 e. The number of nitrogens with zero attached hydrogens (tertiary/aromatic N) is 1. The number of pyridine rings is 1. The van der Waals surface area contributed by atoms with Gasteiger partial charge in [-0.3, -0.25) is 4.79 Å². The molecule has 0 bridgehead atoms. The van der Waals surface area contributed by atoms with Gasteiger partial charge in [-0.05, 0) is 18.2 Å². The van der Waals surface area contributed by atoms with E-state index >= 15 is 0 Å². The van der Waals surface area contributed by atoms with E-state index in [0.717, 1.165) is 6.07 Å². The minimum atomic E-state index is -1.36. The van der Waals surface area contributed by atoms with Crippen molar-refractivity contribution in [3.05, 3.63) is 44.7 Å². The molecule has 0 aliphatic carbocycles. The van der Waals surface area contributed by atoms with E-state index < -0.39 is 23.0 Å². The molecule has 3 rings (SSSR count). The summed E-state index contributed by atoms with van der Waals surface area (Å²) in [5, 5.41) is 19.1. The third kappa shape index (κ3) is 1.83. The first kappa shape index (κ1) is 12.6. The molecule has 6 nitrogen and oxygen atoms in total. The molecular formula is C13H6BrNO5. The summed E-state index contributed by atoms with van der Waals surface area (Å²) in [7, 11) is 0. The highest BCUT2D eigenvalue weighted by Gasteiger charge is 2.17. The first-order valence-corrected chi connectivity index (χ1v) is 6.26. The second-order valence-corrected chi connectivity index (χ2v) is 5.00. The number of aromatic nitrogens is 1. The average Bonchev–Trinajstić information content (AvgIpc) is 2.39. The van der Waals surface area contributed by atoms with Crippen LogP contribution in [0.4, 0.5) is 0 Å². The molecule has 20 heavy (non-hydrogen) atoms. The zero-order valence-corrected chi connectivity index (χ0v) is 11.3. The fraction of sp³-hybridized carbons (Fsp3) is 0. The Labute approximate surface area is 119 Å². The van der Waals surface area contributed by atoms with E-state index in [1.165, 1.54) is 0 Å². The van der Waals surface area contributed by atoms with Crippen LogP contribution in [0.15, 0.2) is 37.9 Å². The van der Waals surface area contributed by atoms with Crippen LogP contribution in [0, 0.1) is 0 Å². The van der Waals surface area contributed by atoms with Gasteiger partial charge >= 0.3 is 5.97 Å². The van der Waals surface area contributed by atoms with Crippen molar-refractivity contribution in [1.29, 1.82) is 0 Å². The summed E-state index contributed by atoms with van der Waals surface area (Å²) < 4.78 is 5.94. The Morgan fingerprint density at radius 3 is 2.75 bits per heavy atom. The van der Waals surface area contributed by atoms with Gasteiger partial charge in [0.2, 0.25) is 11.6 Å². The molecule has 0 spiro atoms. The average molecular weight is 336 g/mol. The molecule has 3 aromatic rings. The number of rotatable bonds is 1. The van der Waals surface area contributed by atoms with Gasteiger partial charge in [-0.2, -0.15) is 0 Å². The molecule has 0 radical (unpaired) electrons. The monoisotopic (exact) mass is 335 g/mol. The summed E-state index contributed by atoms with van der Waals surface area (Å²) in [4.78, 5) is 26.8.